The molecule has 17 heavy (non-hydrogen) atoms. The smallest absolute Gasteiger partial charge is 0.192 e. The molecule has 1 unspecified atom stereocenters. The van der Waals surface area contributed by atoms with E-state index in [0.29, 0.717) is 5.89 Å². The Kier molecular flexibility index (Phi) is 2.93. The average Bonchev–Trinajstić information content (AvgIpc) is 2.56. The van der Waals surface area contributed by atoms with Gasteiger partial charge in [-0.15, -0.1) is 0 Å². The number of hydrogen-bond acceptors (Lipinski definition) is 4. The molecular formula is C13H18N2O2. The van der Waals surface area contributed by atoms with Crippen LogP contribution in [0.1, 0.15) is 31.3 Å². The van der Waals surface area contributed by atoms with E-state index in [9.17, 15) is 5.11 Å². The number of aliphatic hydroxyl groups is 1. The predicted octanol–water partition coefficient (Wildman–Crippen LogP) is 2.17. The minimum absolute atomic E-state index is 0.141. The second-order valence-corrected chi connectivity index (χ2v) is 4.84. The molecule has 0 radical (unpaired) electrons. The first kappa shape index (κ1) is 12.1. The fourth-order valence-corrected chi connectivity index (χ4v) is 2.16. The zero-order valence-corrected chi connectivity index (χ0v) is 10.6. The molecule has 0 amide bonds. The van der Waals surface area contributed by atoms with Gasteiger partial charge in [-0.25, -0.2) is 4.98 Å². The first-order valence-corrected chi connectivity index (χ1v) is 5.68. The number of hydrogen-bond donors (Lipinski definition) is 2. The normalized spacial score (nSPS) is 14.2. The molecule has 0 aliphatic carbocycles. The molecule has 1 heterocycles. The molecule has 0 saturated carbocycles. The summed E-state index contributed by atoms with van der Waals surface area (Å²) >= 11 is 0. The van der Waals surface area contributed by atoms with Gasteiger partial charge in [0.25, 0.3) is 0 Å². The summed E-state index contributed by atoms with van der Waals surface area (Å²) in [6, 6.07) is 5.66. The van der Waals surface area contributed by atoms with E-state index in [0.717, 1.165) is 16.7 Å². The van der Waals surface area contributed by atoms with Crippen LogP contribution in [0.2, 0.25) is 0 Å². The van der Waals surface area contributed by atoms with E-state index in [4.69, 9.17) is 4.42 Å². The van der Waals surface area contributed by atoms with Crippen molar-refractivity contribution in [3.8, 4) is 0 Å². The highest BCUT2D eigenvalue weighted by molar-refractivity contribution is 5.73. The number of nitrogens with zero attached hydrogens (tertiary/aromatic N) is 1. The Morgan fingerprint density at radius 3 is 2.71 bits per heavy atom. The number of likely N-dealkylation sites (N-methyl/N-ethyl adjacent to an activating group) is 1. The molecule has 1 aromatic carbocycles. The number of nitrogens with one attached hydrogen (secondary N) is 1. The molecule has 2 rings (SSSR count). The molecule has 4 nitrogen and oxygen atoms in total. The summed E-state index contributed by atoms with van der Waals surface area (Å²) in [5, 5.41) is 13.2. The Labute approximate surface area is 101 Å². The Morgan fingerprint density at radius 1 is 1.41 bits per heavy atom. The summed E-state index contributed by atoms with van der Waals surface area (Å²) in [6.07, 6.45) is 0. The molecule has 0 aliphatic rings. The fraction of sp³-hybridized carbons (Fsp3) is 0.462. The van der Waals surface area contributed by atoms with Gasteiger partial charge in [-0.05, 0) is 38.6 Å². The highest BCUT2D eigenvalue weighted by atomic mass is 16.3. The van der Waals surface area contributed by atoms with E-state index in [1.54, 1.807) is 13.8 Å². The first-order chi connectivity index (χ1) is 7.91. The van der Waals surface area contributed by atoms with Gasteiger partial charge in [0.2, 0.25) is 0 Å². The summed E-state index contributed by atoms with van der Waals surface area (Å²) < 4.78 is 5.50. The van der Waals surface area contributed by atoms with Crippen molar-refractivity contribution >= 4 is 11.1 Å². The number of aromatic nitrogens is 1. The van der Waals surface area contributed by atoms with Gasteiger partial charge in [0.1, 0.15) is 5.52 Å². The van der Waals surface area contributed by atoms with Crippen molar-refractivity contribution in [2.24, 2.45) is 0 Å². The first-order valence-electron chi connectivity index (χ1n) is 5.68. The standard InChI is InChI=1S/C13H18N2O2/c1-8-15-10-6-5-9(7-11(10)17-8)12(14-4)13(2,3)16/h5-7,12,14,16H,1-4H3. The largest absolute Gasteiger partial charge is 0.441 e. The zero-order chi connectivity index (χ0) is 12.6. The highest BCUT2D eigenvalue weighted by Crippen LogP contribution is 2.27. The third kappa shape index (κ3) is 2.33. The summed E-state index contributed by atoms with van der Waals surface area (Å²) in [4.78, 5) is 4.25. The molecular weight excluding hydrogens is 216 g/mol. The fourth-order valence-electron chi connectivity index (χ4n) is 2.16. The van der Waals surface area contributed by atoms with Crippen LogP contribution in [-0.2, 0) is 0 Å². The van der Waals surface area contributed by atoms with Crippen molar-refractivity contribution in [3.63, 3.8) is 0 Å². The van der Waals surface area contributed by atoms with E-state index in [1.165, 1.54) is 0 Å². The Balaban J connectivity index is 2.47. The third-order valence-corrected chi connectivity index (χ3v) is 2.85. The SMILES string of the molecule is CNC(c1ccc2nc(C)oc2c1)C(C)(C)O. The van der Waals surface area contributed by atoms with Gasteiger partial charge in [-0.3, -0.25) is 0 Å². The molecule has 0 saturated heterocycles. The molecule has 92 valence electrons. The molecule has 2 aromatic rings. The van der Waals surface area contributed by atoms with Crippen molar-refractivity contribution in [1.29, 1.82) is 0 Å². The second kappa shape index (κ2) is 4.13. The lowest BCUT2D eigenvalue weighted by molar-refractivity contribution is 0.0401. The van der Waals surface area contributed by atoms with Crippen molar-refractivity contribution in [3.05, 3.63) is 29.7 Å². The predicted molar refractivity (Wildman–Crippen MR) is 66.8 cm³/mol. The molecule has 0 spiro atoms. The van der Waals surface area contributed by atoms with E-state index < -0.39 is 5.60 Å². The monoisotopic (exact) mass is 234 g/mol. The molecule has 1 atom stereocenters. The Morgan fingerprint density at radius 2 is 2.12 bits per heavy atom. The minimum Gasteiger partial charge on any atom is -0.441 e. The number of rotatable bonds is 3. The van der Waals surface area contributed by atoms with Crippen LogP contribution in [0.15, 0.2) is 22.6 Å². The second-order valence-electron chi connectivity index (χ2n) is 4.84. The van der Waals surface area contributed by atoms with Gasteiger partial charge < -0.3 is 14.8 Å². The van der Waals surface area contributed by atoms with Crippen LogP contribution in [0, 0.1) is 6.92 Å². The Bertz CT molecular complexity index is 526. The van der Waals surface area contributed by atoms with E-state index in [1.807, 2.05) is 32.2 Å². The van der Waals surface area contributed by atoms with Crippen LogP contribution in [-0.4, -0.2) is 22.7 Å². The van der Waals surface area contributed by atoms with Crippen molar-refractivity contribution < 1.29 is 9.52 Å². The maximum atomic E-state index is 10.1. The lowest BCUT2D eigenvalue weighted by atomic mass is 9.92. The highest BCUT2D eigenvalue weighted by Gasteiger charge is 2.27. The van der Waals surface area contributed by atoms with Crippen LogP contribution in [0.3, 0.4) is 0 Å². The molecule has 0 bridgehead atoms. The van der Waals surface area contributed by atoms with Gasteiger partial charge in [0, 0.05) is 6.92 Å². The maximum absolute atomic E-state index is 10.1. The number of oxazole rings is 1. The van der Waals surface area contributed by atoms with Crippen LogP contribution in [0.5, 0.6) is 0 Å². The lowest BCUT2D eigenvalue weighted by Gasteiger charge is -2.29. The summed E-state index contributed by atoms with van der Waals surface area (Å²) in [6.45, 7) is 5.39. The van der Waals surface area contributed by atoms with E-state index in [2.05, 4.69) is 10.3 Å². The van der Waals surface area contributed by atoms with Crippen molar-refractivity contribution in [2.75, 3.05) is 7.05 Å². The van der Waals surface area contributed by atoms with Crippen molar-refractivity contribution in [2.45, 2.75) is 32.4 Å². The summed E-state index contributed by atoms with van der Waals surface area (Å²) in [7, 11) is 1.83. The van der Waals surface area contributed by atoms with Crippen molar-refractivity contribution in [1.82, 2.24) is 10.3 Å². The van der Waals surface area contributed by atoms with Crippen LogP contribution in [0.25, 0.3) is 11.1 Å². The average molecular weight is 234 g/mol. The van der Waals surface area contributed by atoms with E-state index >= 15 is 0 Å². The maximum Gasteiger partial charge on any atom is 0.192 e. The minimum atomic E-state index is -0.836. The third-order valence-electron chi connectivity index (χ3n) is 2.85. The van der Waals surface area contributed by atoms with Crippen LogP contribution in [0.4, 0.5) is 0 Å². The molecule has 0 fully saturated rings. The Hall–Kier alpha value is -1.39. The quantitative estimate of drug-likeness (QED) is 0.854. The van der Waals surface area contributed by atoms with E-state index in [-0.39, 0.29) is 6.04 Å². The van der Waals surface area contributed by atoms with Gasteiger partial charge >= 0.3 is 0 Å². The van der Waals surface area contributed by atoms with Gasteiger partial charge in [0.15, 0.2) is 11.5 Å². The van der Waals surface area contributed by atoms with Gasteiger partial charge in [-0.1, -0.05) is 6.07 Å². The van der Waals surface area contributed by atoms with Gasteiger partial charge in [0.05, 0.1) is 11.6 Å². The molecule has 1 aromatic heterocycles. The lowest BCUT2D eigenvalue weighted by Crippen LogP contribution is -2.37. The van der Waals surface area contributed by atoms with Gasteiger partial charge in [-0.2, -0.15) is 0 Å². The summed E-state index contributed by atoms with van der Waals surface area (Å²) in [5.41, 5.74) is 1.75. The summed E-state index contributed by atoms with van der Waals surface area (Å²) in [5.74, 6) is 0.654. The topological polar surface area (TPSA) is 58.3 Å². The van der Waals surface area contributed by atoms with Crippen LogP contribution < -0.4 is 5.32 Å². The molecule has 0 aliphatic heterocycles. The van der Waals surface area contributed by atoms with Crippen LogP contribution >= 0.6 is 0 Å². The number of fused-ring (bicyclic) bond motifs is 1. The molecule has 4 heteroatoms. The zero-order valence-electron chi connectivity index (χ0n) is 10.6. The molecule has 2 N–H and O–H groups in total. The number of benzene rings is 1. The number of aryl methyl sites for hydroxylation is 1.